The fraction of sp³-hybridized carbons (Fsp3) is 0.763. The molecule has 0 aromatic rings. The average molecular weight is 668 g/mol. The van der Waals surface area contributed by atoms with Crippen molar-refractivity contribution >= 4 is 16.0 Å². The molecule has 0 heterocycles. The first-order valence-electron chi connectivity index (χ1n) is 18.4. The monoisotopic (exact) mass is 667 g/mol. The van der Waals surface area contributed by atoms with Gasteiger partial charge in [0.1, 0.15) is 6.10 Å². The first-order chi connectivity index (χ1) is 22.2. The SMILES string of the molecule is CCC/C=C/CC/C=C/C(O)C(CS(=O)(=O)O)NC(=O)C(O)CCCCCCCC/C=C\C/C=C\CCCCCCCCCCC. The molecule has 0 spiro atoms. The third-order valence-electron chi connectivity index (χ3n) is 8.07. The molecule has 46 heavy (non-hydrogen) atoms. The number of hydrogen-bond acceptors (Lipinski definition) is 5. The fourth-order valence-electron chi connectivity index (χ4n) is 5.21. The van der Waals surface area contributed by atoms with Crippen LogP contribution in [0.4, 0.5) is 0 Å². The molecule has 1 amide bonds. The summed E-state index contributed by atoms with van der Waals surface area (Å²) in [5, 5.41) is 23.1. The predicted octanol–water partition coefficient (Wildman–Crippen LogP) is 9.32. The second-order valence-corrected chi connectivity index (χ2v) is 14.1. The first kappa shape index (κ1) is 44.3. The van der Waals surface area contributed by atoms with Crippen molar-refractivity contribution in [3.8, 4) is 0 Å². The average Bonchev–Trinajstić information content (AvgIpc) is 3.01. The molecule has 0 fully saturated rings. The van der Waals surface area contributed by atoms with Gasteiger partial charge in [-0.3, -0.25) is 9.35 Å². The zero-order valence-corrected chi connectivity index (χ0v) is 30.1. The maximum atomic E-state index is 12.5. The van der Waals surface area contributed by atoms with E-state index < -0.39 is 40.0 Å². The summed E-state index contributed by atoms with van der Waals surface area (Å²) < 4.78 is 32.2. The van der Waals surface area contributed by atoms with Gasteiger partial charge in [-0.25, -0.2) is 0 Å². The smallest absolute Gasteiger partial charge is 0.267 e. The van der Waals surface area contributed by atoms with Crippen molar-refractivity contribution in [2.24, 2.45) is 0 Å². The van der Waals surface area contributed by atoms with E-state index in [1.54, 1.807) is 6.08 Å². The molecule has 0 saturated carbocycles. The number of aliphatic hydroxyl groups is 2. The van der Waals surface area contributed by atoms with Gasteiger partial charge in [0.25, 0.3) is 10.1 Å². The predicted molar refractivity (Wildman–Crippen MR) is 194 cm³/mol. The van der Waals surface area contributed by atoms with Gasteiger partial charge >= 0.3 is 0 Å². The van der Waals surface area contributed by atoms with Crippen LogP contribution >= 0.6 is 0 Å². The zero-order chi connectivity index (χ0) is 34.1. The molecule has 0 rings (SSSR count). The number of hydrogen-bond donors (Lipinski definition) is 4. The van der Waals surface area contributed by atoms with Crippen molar-refractivity contribution in [1.29, 1.82) is 0 Å². The molecule has 0 aliphatic heterocycles. The van der Waals surface area contributed by atoms with E-state index in [-0.39, 0.29) is 6.42 Å². The van der Waals surface area contributed by atoms with Crippen molar-refractivity contribution in [3.63, 3.8) is 0 Å². The van der Waals surface area contributed by atoms with Gasteiger partial charge in [0.15, 0.2) is 0 Å². The van der Waals surface area contributed by atoms with Gasteiger partial charge in [0.2, 0.25) is 5.91 Å². The standard InChI is InChI=1S/C38H69NO6S/c1-3-5-7-9-11-12-13-14-15-16-17-18-19-20-21-22-23-24-25-27-29-31-33-37(41)38(42)39-35(34-46(43,44)45)36(40)32-30-28-26-10-8-6-4-2/h8,10,17-18,20-21,30,32,35-37,40-41H,3-7,9,11-16,19,22-29,31,33-34H2,1-2H3,(H,39,42)(H,43,44,45)/b10-8+,18-17-,21-20-,32-30+. The van der Waals surface area contributed by atoms with Crippen molar-refractivity contribution in [3.05, 3.63) is 48.6 Å². The minimum Gasteiger partial charge on any atom is -0.387 e. The minimum absolute atomic E-state index is 0.260. The van der Waals surface area contributed by atoms with E-state index in [9.17, 15) is 28.0 Å². The number of aliphatic hydroxyl groups excluding tert-OH is 2. The lowest BCUT2D eigenvalue weighted by Gasteiger charge is -2.22. The molecule has 0 aliphatic carbocycles. The summed E-state index contributed by atoms with van der Waals surface area (Å²) in [7, 11) is -4.44. The molecule has 4 N–H and O–H groups in total. The lowest BCUT2D eigenvalue weighted by atomic mass is 10.0. The van der Waals surface area contributed by atoms with Crippen LogP contribution in [-0.2, 0) is 14.9 Å². The van der Waals surface area contributed by atoms with E-state index in [1.165, 1.54) is 70.3 Å². The van der Waals surface area contributed by atoms with Crippen LogP contribution in [0.25, 0.3) is 0 Å². The second-order valence-electron chi connectivity index (χ2n) is 12.6. The molecule has 0 radical (unpaired) electrons. The number of allylic oxidation sites excluding steroid dienone is 7. The lowest BCUT2D eigenvalue weighted by Crippen LogP contribution is -2.50. The van der Waals surface area contributed by atoms with Crippen LogP contribution in [0.2, 0.25) is 0 Å². The van der Waals surface area contributed by atoms with Crippen LogP contribution in [0.3, 0.4) is 0 Å². The third-order valence-corrected chi connectivity index (χ3v) is 8.85. The normalized spacial score (nSPS) is 14.6. The maximum Gasteiger partial charge on any atom is 0.267 e. The number of carbonyl (C=O) groups is 1. The summed E-state index contributed by atoms with van der Waals surface area (Å²) in [6, 6.07) is -1.25. The Morgan fingerprint density at radius 1 is 0.609 bits per heavy atom. The highest BCUT2D eigenvalue weighted by Crippen LogP contribution is 2.13. The van der Waals surface area contributed by atoms with Crippen LogP contribution in [0.1, 0.15) is 162 Å². The number of carbonyl (C=O) groups excluding carboxylic acids is 1. The van der Waals surface area contributed by atoms with Crippen molar-refractivity contribution in [1.82, 2.24) is 5.32 Å². The molecule has 268 valence electrons. The van der Waals surface area contributed by atoms with Crippen molar-refractivity contribution in [2.45, 2.75) is 180 Å². The van der Waals surface area contributed by atoms with Crippen LogP contribution in [0.5, 0.6) is 0 Å². The van der Waals surface area contributed by atoms with E-state index >= 15 is 0 Å². The van der Waals surface area contributed by atoms with Gasteiger partial charge < -0.3 is 15.5 Å². The van der Waals surface area contributed by atoms with Crippen LogP contribution in [-0.4, -0.2) is 53.1 Å². The molecule has 8 heteroatoms. The summed E-state index contributed by atoms with van der Waals surface area (Å²) in [6.45, 7) is 4.36. The van der Waals surface area contributed by atoms with Crippen molar-refractivity contribution < 1.29 is 28.0 Å². The summed E-state index contributed by atoms with van der Waals surface area (Å²) in [4.78, 5) is 12.5. The number of rotatable bonds is 32. The zero-order valence-electron chi connectivity index (χ0n) is 29.3. The van der Waals surface area contributed by atoms with Crippen LogP contribution < -0.4 is 5.32 Å². The largest absolute Gasteiger partial charge is 0.387 e. The van der Waals surface area contributed by atoms with E-state index in [0.29, 0.717) is 12.8 Å². The van der Waals surface area contributed by atoms with Crippen LogP contribution in [0, 0.1) is 0 Å². The Morgan fingerprint density at radius 3 is 1.63 bits per heavy atom. The van der Waals surface area contributed by atoms with Crippen molar-refractivity contribution in [2.75, 3.05) is 5.75 Å². The van der Waals surface area contributed by atoms with Gasteiger partial charge in [-0.1, -0.05) is 152 Å². The second kappa shape index (κ2) is 31.8. The van der Waals surface area contributed by atoms with E-state index in [1.807, 2.05) is 6.08 Å². The highest BCUT2D eigenvalue weighted by atomic mass is 32.2. The molecule has 0 aliphatic rings. The molecule has 7 nitrogen and oxygen atoms in total. The lowest BCUT2D eigenvalue weighted by molar-refractivity contribution is -0.130. The number of nitrogens with one attached hydrogen (secondary N) is 1. The Morgan fingerprint density at radius 2 is 1.09 bits per heavy atom. The van der Waals surface area contributed by atoms with Gasteiger partial charge in [-0.2, -0.15) is 8.42 Å². The molecule has 0 aromatic heterocycles. The molecule has 3 atom stereocenters. The third kappa shape index (κ3) is 30.9. The van der Waals surface area contributed by atoms with Gasteiger partial charge in [0, 0.05) is 0 Å². The summed E-state index contributed by atoms with van der Waals surface area (Å²) in [6.07, 6.45) is 39.2. The Bertz CT molecular complexity index is 927. The molecular weight excluding hydrogens is 598 g/mol. The van der Waals surface area contributed by atoms with Gasteiger partial charge in [-0.15, -0.1) is 0 Å². The quantitative estimate of drug-likeness (QED) is 0.0322. The van der Waals surface area contributed by atoms with E-state index in [2.05, 4.69) is 49.5 Å². The Balaban J connectivity index is 3.97. The summed E-state index contributed by atoms with van der Waals surface area (Å²) in [5.41, 5.74) is 0. The maximum absolute atomic E-state index is 12.5. The Kier molecular flexibility index (Phi) is 30.6. The summed E-state index contributed by atoms with van der Waals surface area (Å²) >= 11 is 0. The first-order valence-corrected chi connectivity index (χ1v) is 20.1. The highest BCUT2D eigenvalue weighted by Gasteiger charge is 2.27. The minimum atomic E-state index is -4.44. The van der Waals surface area contributed by atoms with Gasteiger partial charge in [0.05, 0.1) is 17.9 Å². The topological polar surface area (TPSA) is 124 Å². The Labute approximate surface area is 282 Å². The van der Waals surface area contributed by atoms with E-state index in [0.717, 1.165) is 64.2 Å². The molecular formula is C38H69NO6S. The molecule has 3 unspecified atom stereocenters. The number of amides is 1. The molecule has 0 aromatic carbocycles. The fourth-order valence-corrected chi connectivity index (χ4v) is 5.95. The van der Waals surface area contributed by atoms with Crippen LogP contribution in [0.15, 0.2) is 48.6 Å². The summed E-state index contributed by atoms with van der Waals surface area (Å²) in [5.74, 6) is -1.58. The Hall–Kier alpha value is -1.74. The molecule has 0 bridgehead atoms. The highest BCUT2D eigenvalue weighted by molar-refractivity contribution is 7.85. The number of unbranched alkanes of at least 4 members (excludes halogenated alkanes) is 17. The van der Waals surface area contributed by atoms with E-state index in [4.69, 9.17) is 0 Å². The van der Waals surface area contributed by atoms with Gasteiger partial charge in [-0.05, 0) is 57.8 Å². The molecule has 0 saturated heterocycles.